The minimum atomic E-state index is -3.13. The number of hydrogen-bond donors (Lipinski definition) is 1. The molecule has 1 N–H and O–H groups in total. The van der Waals surface area contributed by atoms with Gasteiger partial charge in [-0.25, -0.2) is 12.7 Å². The van der Waals surface area contributed by atoms with Crippen molar-refractivity contribution < 1.29 is 8.42 Å². The van der Waals surface area contributed by atoms with Gasteiger partial charge in [0.25, 0.3) is 0 Å². The summed E-state index contributed by atoms with van der Waals surface area (Å²) in [7, 11) is -3.13. The average Bonchev–Trinajstić information content (AvgIpc) is 2.46. The molecule has 1 saturated heterocycles. The van der Waals surface area contributed by atoms with Gasteiger partial charge in [-0.2, -0.15) is 0 Å². The van der Waals surface area contributed by atoms with Crippen LogP contribution in [0.5, 0.6) is 0 Å². The van der Waals surface area contributed by atoms with Crippen LogP contribution in [0.1, 0.15) is 32.8 Å². The second-order valence-electron chi connectivity index (χ2n) is 6.07. The maximum atomic E-state index is 12.2. The third kappa shape index (κ3) is 4.02. The fourth-order valence-electron chi connectivity index (χ4n) is 2.69. The molecule has 0 spiro atoms. The van der Waals surface area contributed by atoms with Crippen molar-refractivity contribution in [2.24, 2.45) is 5.92 Å². The van der Waals surface area contributed by atoms with Gasteiger partial charge in [0.05, 0.1) is 5.25 Å². The number of sulfonamides is 1. The molecule has 1 aliphatic rings. The topological polar surface area (TPSA) is 62.3 Å². The molecular weight excluding hydrogens is 286 g/mol. The number of pyridine rings is 1. The molecule has 0 bridgehead atoms. The molecule has 6 heteroatoms. The molecule has 0 aliphatic carbocycles. The van der Waals surface area contributed by atoms with E-state index in [0.717, 1.165) is 18.5 Å². The number of hydrogen-bond acceptors (Lipinski definition) is 4. The fraction of sp³-hybridized carbons (Fsp3) is 0.667. The molecule has 1 aromatic heterocycles. The summed E-state index contributed by atoms with van der Waals surface area (Å²) < 4.78 is 26.1. The van der Waals surface area contributed by atoms with Gasteiger partial charge >= 0.3 is 0 Å². The van der Waals surface area contributed by atoms with Crippen molar-refractivity contribution in [3.63, 3.8) is 0 Å². The zero-order chi connectivity index (χ0) is 15.5. The molecule has 0 radical (unpaired) electrons. The second-order valence-corrected chi connectivity index (χ2v) is 8.56. The first-order valence-electron chi connectivity index (χ1n) is 7.52. The molecule has 0 amide bonds. The highest BCUT2D eigenvalue weighted by molar-refractivity contribution is 7.89. The van der Waals surface area contributed by atoms with Crippen molar-refractivity contribution in [2.45, 2.75) is 45.0 Å². The molecule has 0 saturated carbocycles. The molecule has 21 heavy (non-hydrogen) atoms. The van der Waals surface area contributed by atoms with Crippen molar-refractivity contribution in [3.05, 3.63) is 30.1 Å². The summed E-state index contributed by atoms with van der Waals surface area (Å²) in [6, 6.07) is 4.32. The summed E-state index contributed by atoms with van der Waals surface area (Å²) in [5.74, 6) is 0.309. The summed E-state index contributed by atoms with van der Waals surface area (Å²) in [4.78, 5) is 4.10. The van der Waals surface area contributed by atoms with E-state index in [-0.39, 0.29) is 5.25 Å². The van der Waals surface area contributed by atoms with Gasteiger partial charge in [0.2, 0.25) is 10.0 Å². The molecule has 2 atom stereocenters. The van der Waals surface area contributed by atoms with Crippen LogP contribution < -0.4 is 5.32 Å². The largest absolute Gasteiger partial charge is 0.310 e. The van der Waals surface area contributed by atoms with E-state index in [9.17, 15) is 8.42 Å². The summed E-state index contributed by atoms with van der Waals surface area (Å²) in [6.45, 7) is 7.59. The highest BCUT2D eigenvalue weighted by atomic mass is 32.2. The molecular formula is C15H25N3O2S. The van der Waals surface area contributed by atoms with Crippen LogP contribution in [0.2, 0.25) is 0 Å². The molecule has 1 fully saturated rings. The van der Waals surface area contributed by atoms with Crippen LogP contribution in [0.15, 0.2) is 24.5 Å². The highest BCUT2D eigenvalue weighted by Gasteiger charge is 2.33. The Morgan fingerprint density at radius 2 is 2.24 bits per heavy atom. The van der Waals surface area contributed by atoms with Gasteiger partial charge in [-0.1, -0.05) is 13.0 Å². The lowest BCUT2D eigenvalue weighted by Gasteiger charge is -2.37. The van der Waals surface area contributed by atoms with E-state index < -0.39 is 10.0 Å². The number of nitrogens with zero attached hydrogens (tertiary/aromatic N) is 2. The first-order valence-corrected chi connectivity index (χ1v) is 9.03. The van der Waals surface area contributed by atoms with Crippen LogP contribution >= 0.6 is 0 Å². The van der Waals surface area contributed by atoms with Gasteiger partial charge in [0.15, 0.2) is 0 Å². The van der Waals surface area contributed by atoms with Crippen molar-refractivity contribution >= 4 is 10.0 Å². The molecule has 2 heterocycles. The van der Waals surface area contributed by atoms with Crippen molar-refractivity contribution in [1.29, 1.82) is 0 Å². The molecule has 5 nitrogen and oxygen atoms in total. The molecule has 118 valence electrons. The summed E-state index contributed by atoms with van der Waals surface area (Å²) in [5.41, 5.74) is 1.15. The highest BCUT2D eigenvalue weighted by Crippen LogP contribution is 2.21. The van der Waals surface area contributed by atoms with Gasteiger partial charge < -0.3 is 5.32 Å². The van der Waals surface area contributed by atoms with E-state index in [4.69, 9.17) is 0 Å². The summed E-state index contributed by atoms with van der Waals surface area (Å²) in [6.07, 6.45) is 4.48. The van der Waals surface area contributed by atoms with E-state index in [1.165, 1.54) is 0 Å². The zero-order valence-electron chi connectivity index (χ0n) is 13.0. The smallest absolute Gasteiger partial charge is 0.216 e. The third-order valence-corrected chi connectivity index (χ3v) is 6.36. The van der Waals surface area contributed by atoms with E-state index in [1.54, 1.807) is 24.3 Å². The maximum absolute atomic E-state index is 12.2. The van der Waals surface area contributed by atoms with Crippen molar-refractivity contribution in [3.8, 4) is 0 Å². The Hall–Kier alpha value is -0.980. The molecule has 1 aliphatic heterocycles. The second kappa shape index (κ2) is 6.85. The standard InChI is InChI=1S/C15H25N3O2S/c1-12(2)21(19,20)18-8-6-15(13(3)11-18)17-10-14-5-4-7-16-9-14/h4-5,7,9,12-13,15,17H,6,8,10-11H2,1-3H3. The molecule has 2 rings (SSSR count). The van der Waals surface area contributed by atoms with E-state index in [2.05, 4.69) is 17.2 Å². The lowest BCUT2D eigenvalue weighted by Crippen LogP contribution is -2.51. The van der Waals surface area contributed by atoms with Crippen LogP contribution in [-0.2, 0) is 16.6 Å². The maximum Gasteiger partial charge on any atom is 0.216 e. The van der Waals surface area contributed by atoms with Gasteiger partial charge in [0, 0.05) is 38.1 Å². The SMILES string of the molecule is CC1CN(S(=O)(=O)C(C)C)CCC1NCc1cccnc1. The van der Waals surface area contributed by atoms with Crippen LogP contribution in [0.3, 0.4) is 0 Å². The monoisotopic (exact) mass is 311 g/mol. The number of aromatic nitrogens is 1. The zero-order valence-corrected chi connectivity index (χ0v) is 13.8. The van der Waals surface area contributed by atoms with E-state index in [1.807, 2.05) is 18.3 Å². The quantitative estimate of drug-likeness (QED) is 0.897. The minimum absolute atomic E-state index is 0.309. The van der Waals surface area contributed by atoms with Gasteiger partial charge in [-0.3, -0.25) is 4.98 Å². The molecule has 1 aromatic rings. The Labute approximate surface area is 127 Å². The Morgan fingerprint density at radius 1 is 1.48 bits per heavy atom. The predicted octanol–water partition coefficient (Wildman–Crippen LogP) is 1.62. The predicted molar refractivity (Wildman–Crippen MR) is 84.3 cm³/mol. The lowest BCUT2D eigenvalue weighted by molar-refractivity contribution is 0.218. The van der Waals surface area contributed by atoms with Gasteiger partial charge in [-0.15, -0.1) is 0 Å². The average molecular weight is 311 g/mol. The number of rotatable bonds is 5. The van der Waals surface area contributed by atoms with E-state index in [0.29, 0.717) is 25.0 Å². The molecule has 0 aromatic carbocycles. The molecule has 2 unspecified atom stereocenters. The number of nitrogens with one attached hydrogen (secondary N) is 1. The van der Waals surface area contributed by atoms with Crippen LogP contribution in [0.25, 0.3) is 0 Å². The first kappa shape index (κ1) is 16.4. The Kier molecular flexibility index (Phi) is 5.35. The first-order chi connectivity index (χ1) is 9.91. The fourth-order valence-corrected chi connectivity index (χ4v) is 4.09. The van der Waals surface area contributed by atoms with Crippen LogP contribution in [-0.4, -0.2) is 42.1 Å². The third-order valence-electron chi connectivity index (χ3n) is 4.11. The minimum Gasteiger partial charge on any atom is -0.310 e. The summed E-state index contributed by atoms with van der Waals surface area (Å²) >= 11 is 0. The van der Waals surface area contributed by atoms with Crippen molar-refractivity contribution in [1.82, 2.24) is 14.6 Å². The van der Waals surface area contributed by atoms with Gasteiger partial charge in [-0.05, 0) is 37.8 Å². The Balaban J connectivity index is 1.90. The Morgan fingerprint density at radius 3 is 2.81 bits per heavy atom. The normalized spacial score (nSPS) is 24.4. The van der Waals surface area contributed by atoms with E-state index >= 15 is 0 Å². The summed E-state index contributed by atoms with van der Waals surface area (Å²) in [5, 5.41) is 3.18. The van der Waals surface area contributed by atoms with Crippen LogP contribution in [0.4, 0.5) is 0 Å². The van der Waals surface area contributed by atoms with Gasteiger partial charge in [0.1, 0.15) is 0 Å². The Bertz CT molecular complexity index is 545. The van der Waals surface area contributed by atoms with Crippen LogP contribution in [0, 0.1) is 5.92 Å². The lowest BCUT2D eigenvalue weighted by atomic mass is 9.95. The van der Waals surface area contributed by atoms with Crippen molar-refractivity contribution in [2.75, 3.05) is 13.1 Å². The number of piperidine rings is 1.